The van der Waals surface area contributed by atoms with Crippen LogP contribution < -0.4 is 10.6 Å². The number of allylic oxidation sites excluding steroid dienone is 1. The number of hydrogen-bond acceptors (Lipinski definition) is 3. The minimum absolute atomic E-state index is 0.0884. The maximum Gasteiger partial charge on any atom is 0.220 e. The van der Waals surface area contributed by atoms with Crippen molar-refractivity contribution in [1.29, 1.82) is 0 Å². The number of carbonyl (C=O) groups is 1. The summed E-state index contributed by atoms with van der Waals surface area (Å²) < 4.78 is 0. The lowest BCUT2D eigenvalue weighted by molar-refractivity contribution is -0.120. The standard InChI is InChI=1S/C12H22N2O2/c1-3-9(2)6-13-11-4-5-12(16)14-7-10(11)8-15/h3,10-11,13,15H,4-8H2,1-2H3,(H,14,16)/b9-3+. The Labute approximate surface area is 97.1 Å². The summed E-state index contributed by atoms with van der Waals surface area (Å²) in [7, 11) is 0. The summed E-state index contributed by atoms with van der Waals surface area (Å²) in [6.45, 7) is 5.60. The van der Waals surface area contributed by atoms with Gasteiger partial charge in [0.1, 0.15) is 0 Å². The van der Waals surface area contributed by atoms with Crippen molar-refractivity contribution in [3.63, 3.8) is 0 Å². The van der Waals surface area contributed by atoms with Gasteiger partial charge in [0, 0.05) is 38.1 Å². The summed E-state index contributed by atoms with van der Waals surface area (Å²) >= 11 is 0. The molecule has 1 rings (SSSR count). The number of aliphatic hydroxyl groups is 1. The van der Waals surface area contributed by atoms with Gasteiger partial charge >= 0.3 is 0 Å². The number of carbonyl (C=O) groups excluding carboxylic acids is 1. The molecule has 0 aromatic rings. The fraction of sp³-hybridized carbons (Fsp3) is 0.750. The summed E-state index contributed by atoms with van der Waals surface area (Å²) in [5.41, 5.74) is 1.28. The molecule has 0 aromatic carbocycles. The Morgan fingerprint density at radius 2 is 2.44 bits per heavy atom. The second kappa shape index (κ2) is 6.66. The molecule has 1 aliphatic heterocycles. The second-order valence-electron chi connectivity index (χ2n) is 4.41. The van der Waals surface area contributed by atoms with E-state index >= 15 is 0 Å². The van der Waals surface area contributed by atoms with E-state index in [9.17, 15) is 9.90 Å². The highest BCUT2D eigenvalue weighted by atomic mass is 16.3. The van der Waals surface area contributed by atoms with Gasteiger partial charge in [0.2, 0.25) is 5.91 Å². The Hall–Kier alpha value is -0.870. The lowest BCUT2D eigenvalue weighted by atomic mass is 9.97. The van der Waals surface area contributed by atoms with Crippen LogP contribution in [0.3, 0.4) is 0 Å². The third-order valence-corrected chi connectivity index (χ3v) is 3.18. The molecule has 1 aliphatic rings. The first-order valence-corrected chi connectivity index (χ1v) is 5.90. The molecule has 0 bridgehead atoms. The molecule has 2 unspecified atom stereocenters. The van der Waals surface area contributed by atoms with E-state index in [4.69, 9.17) is 0 Å². The molecule has 1 saturated heterocycles. The first-order chi connectivity index (χ1) is 7.67. The third kappa shape index (κ3) is 3.94. The van der Waals surface area contributed by atoms with Gasteiger partial charge in [0.15, 0.2) is 0 Å². The van der Waals surface area contributed by atoms with Crippen molar-refractivity contribution in [2.75, 3.05) is 19.7 Å². The van der Waals surface area contributed by atoms with E-state index in [2.05, 4.69) is 23.6 Å². The lowest BCUT2D eigenvalue weighted by Gasteiger charge is -2.24. The van der Waals surface area contributed by atoms with E-state index in [-0.39, 0.29) is 24.5 Å². The van der Waals surface area contributed by atoms with E-state index in [0.717, 1.165) is 13.0 Å². The van der Waals surface area contributed by atoms with Crippen LogP contribution in [0.2, 0.25) is 0 Å². The average Bonchev–Trinajstić information content (AvgIpc) is 2.48. The molecule has 0 aromatic heterocycles. The number of amides is 1. The Bertz CT molecular complexity index is 264. The molecule has 0 spiro atoms. The predicted octanol–water partition coefficient (Wildman–Crippen LogP) is 0.429. The van der Waals surface area contributed by atoms with Gasteiger partial charge in [-0.25, -0.2) is 0 Å². The molecule has 0 aliphatic carbocycles. The molecule has 92 valence electrons. The molecule has 1 heterocycles. The Balaban J connectivity index is 2.50. The SMILES string of the molecule is C/C=C(\C)CNC1CCC(=O)NCC1CO. The minimum atomic E-state index is 0.0884. The van der Waals surface area contributed by atoms with Crippen LogP contribution in [-0.2, 0) is 4.79 Å². The topological polar surface area (TPSA) is 61.4 Å². The number of nitrogens with one attached hydrogen (secondary N) is 2. The van der Waals surface area contributed by atoms with Gasteiger partial charge in [-0.15, -0.1) is 0 Å². The number of hydrogen-bond donors (Lipinski definition) is 3. The predicted molar refractivity (Wildman–Crippen MR) is 64.0 cm³/mol. The van der Waals surface area contributed by atoms with E-state index in [0.29, 0.717) is 13.0 Å². The summed E-state index contributed by atoms with van der Waals surface area (Å²) in [6, 6.07) is 0.221. The lowest BCUT2D eigenvalue weighted by Crippen LogP contribution is -2.41. The zero-order chi connectivity index (χ0) is 12.0. The Morgan fingerprint density at radius 3 is 3.06 bits per heavy atom. The van der Waals surface area contributed by atoms with Gasteiger partial charge in [-0.05, 0) is 20.3 Å². The quantitative estimate of drug-likeness (QED) is 0.609. The summed E-state index contributed by atoms with van der Waals surface area (Å²) in [6.07, 6.45) is 3.41. The molecule has 4 heteroatoms. The highest BCUT2D eigenvalue weighted by Crippen LogP contribution is 2.13. The van der Waals surface area contributed by atoms with Crippen LogP contribution in [0.1, 0.15) is 26.7 Å². The summed E-state index contributed by atoms with van der Waals surface area (Å²) in [5.74, 6) is 0.210. The zero-order valence-corrected chi connectivity index (χ0v) is 10.1. The monoisotopic (exact) mass is 226 g/mol. The van der Waals surface area contributed by atoms with Gasteiger partial charge in [-0.2, -0.15) is 0 Å². The van der Waals surface area contributed by atoms with Crippen molar-refractivity contribution in [1.82, 2.24) is 10.6 Å². The molecule has 1 fully saturated rings. The van der Waals surface area contributed by atoms with Crippen molar-refractivity contribution < 1.29 is 9.90 Å². The molecule has 0 radical (unpaired) electrons. The minimum Gasteiger partial charge on any atom is -0.396 e. The van der Waals surface area contributed by atoms with E-state index in [1.165, 1.54) is 5.57 Å². The van der Waals surface area contributed by atoms with E-state index < -0.39 is 0 Å². The van der Waals surface area contributed by atoms with Crippen molar-refractivity contribution in [2.24, 2.45) is 5.92 Å². The van der Waals surface area contributed by atoms with Crippen LogP contribution >= 0.6 is 0 Å². The van der Waals surface area contributed by atoms with Gasteiger partial charge in [-0.1, -0.05) is 11.6 Å². The van der Waals surface area contributed by atoms with Gasteiger partial charge in [0.05, 0.1) is 0 Å². The molecule has 16 heavy (non-hydrogen) atoms. The molecule has 4 nitrogen and oxygen atoms in total. The van der Waals surface area contributed by atoms with Gasteiger partial charge in [0.25, 0.3) is 0 Å². The number of aliphatic hydroxyl groups excluding tert-OH is 1. The van der Waals surface area contributed by atoms with Crippen molar-refractivity contribution >= 4 is 5.91 Å². The summed E-state index contributed by atoms with van der Waals surface area (Å²) in [4.78, 5) is 11.3. The molecular formula is C12H22N2O2. The summed E-state index contributed by atoms with van der Waals surface area (Å²) in [5, 5.41) is 15.5. The van der Waals surface area contributed by atoms with E-state index in [1.54, 1.807) is 0 Å². The highest BCUT2D eigenvalue weighted by molar-refractivity contribution is 5.76. The average molecular weight is 226 g/mol. The smallest absolute Gasteiger partial charge is 0.220 e. The Kier molecular flexibility index (Phi) is 5.49. The largest absolute Gasteiger partial charge is 0.396 e. The molecule has 1 amide bonds. The molecular weight excluding hydrogens is 204 g/mol. The second-order valence-corrected chi connectivity index (χ2v) is 4.41. The van der Waals surface area contributed by atoms with Gasteiger partial charge in [-0.3, -0.25) is 4.79 Å². The third-order valence-electron chi connectivity index (χ3n) is 3.18. The fourth-order valence-corrected chi connectivity index (χ4v) is 1.85. The first kappa shape index (κ1) is 13.2. The first-order valence-electron chi connectivity index (χ1n) is 5.90. The normalized spacial score (nSPS) is 27.4. The van der Waals surface area contributed by atoms with Crippen LogP contribution in [0.5, 0.6) is 0 Å². The van der Waals surface area contributed by atoms with Crippen LogP contribution in [0.15, 0.2) is 11.6 Å². The number of rotatable bonds is 4. The van der Waals surface area contributed by atoms with Crippen molar-refractivity contribution in [2.45, 2.75) is 32.7 Å². The van der Waals surface area contributed by atoms with Crippen LogP contribution in [0.4, 0.5) is 0 Å². The zero-order valence-electron chi connectivity index (χ0n) is 10.1. The van der Waals surface area contributed by atoms with E-state index in [1.807, 2.05) is 6.92 Å². The molecule has 3 N–H and O–H groups in total. The fourth-order valence-electron chi connectivity index (χ4n) is 1.85. The van der Waals surface area contributed by atoms with Crippen LogP contribution in [-0.4, -0.2) is 36.8 Å². The van der Waals surface area contributed by atoms with Crippen molar-refractivity contribution in [3.8, 4) is 0 Å². The van der Waals surface area contributed by atoms with Crippen LogP contribution in [0.25, 0.3) is 0 Å². The maximum atomic E-state index is 11.3. The molecule has 2 atom stereocenters. The van der Waals surface area contributed by atoms with Crippen molar-refractivity contribution in [3.05, 3.63) is 11.6 Å². The van der Waals surface area contributed by atoms with Gasteiger partial charge < -0.3 is 15.7 Å². The molecule has 0 saturated carbocycles. The highest BCUT2D eigenvalue weighted by Gasteiger charge is 2.24. The van der Waals surface area contributed by atoms with Crippen LogP contribution in [0, 0.1) is 5.92 Å². The Morgan fingerprint density at radius 1 is 1.69 bits per heavy atom. The maximum absolute atomic E-state index is 11.3.